The smallest absolute Gasteiger partial charge is 0.134 e. The highest BCUT2D eigenvalue weighted by Crippen LogP contribution is 2.27. The standard InChI is InChI=1S/C13H14BrNOS/c1-9-5-6-17-12(9)8-15-7-10-3-2-4-11(14)13(10)16/h2-6,15-16H,7-8H2,1H3. The van der Waals surface area contributed by atoms with Crippen molar-refractivity contribution in [3.63, 3.8) is 0 Å². The molecule has 2 nitrogen and oxygen atoms in total. The monoisotopic (exact) mass is 311 g/mol. The van der Waals surface area contributed by atoms with Crippen LogP contribution in [0.5, 0.6) is 5.75 Å². The molecule has 1 aromatic carbocycles. The zero-order valence-electron chi connectivity index (χ0n) is 9.53. The van der Waals surface area contributed by atoms with Gasteiger partial charge in [-0.15, -0.1) is 11.3 Å². The molecule has 2 rings (SSSR count). The van der Waals surface area contributed by atoms with E-state index in [0.29, 0.717) is 12.3 Å². The average Bonchev–Trinajstić information content (AvgIpc) is 2.71. The van der Waals surface area contributed by atoms with E-state index < -0.39 is 0 Å². The van der Waals surface area contributed by atoms with E-state index in [0.717, 1.165) is 16.6 Å². The third-order valence-electron chi connectivity index (χ3n) is 2.64. The van der Waals surface area contributed by atoms with Crippen molar-refractivity contribution in [2.45, 2.75) is 20.0 Å². The van der Waals surface area contributed by atoms with Crippen LogP contribution in [-0.2, 0) is 13.1 Å². The number of hydrogen-bond donors (Lipinski definition) is 2. The van der Waals surface area contributed by atoms with Gasteiger partial charge >= 0.3 is 0 Å². The second-order valence-electron chi connectivity index (χ2n) is 3.88. The summed E-state index contributed by atoms with van der Waals surface area (Å²) in [7, 11) is 0. The van der Waals surface area contributed by atoms with Crippen molar-refractivity contribution in [2.24, 2.45) is 0 Å². The van der Waals surface area contributed by atoms with Crippen LogP contribution in [0.3, 0.4) is 0 Å². The molecule has 0 fully saturated rings. The Hall–Kier alpha value is -0.840. The van der Waals surface area contributed by atoms with Gasteiger partial charge in [-0.3, -0.25) is 0 Å². The predicted octanol–water partition coefficient (Wildman–Crippen LogP) is 3.81. The lowest BCUT2D eigenvalue weighted by Gasteiger charge is -2.07. The number of phenols is 1. The molecule has 2 aromatic rings. The minimum atomic E-state index is 0.322. The highest BCUT2D eigenvalue weighted by atomic mass is 79.9. The van der Waals surface area contributed by atoms with Crippen LogP contribution in [0.4, 0.5) is 0 Å². The molecular formula is C13H14BrNOS. The number of aromatic hydroxyl groups is 1. The van der Waals surface area contributed by atoms with Gasteiger partial charge in [-0.05, 0) is 45.9 Å². The summed E-state index contributed by atoms with van der Waals surface area (Å²) in [6.45, 7) is 3.63. The fourth-order valence-electron chi connectivity index (χ4n) is 1.60. The van der Waals surface area contributed by atoms with E-state index in [1.54, 1.807) is 11.3 Å². The molecule has 0 atom stereocenters. The summed E-state index contributed by atoms with van der Waals surface area (Å²) >= 11 is 5.07. The summed E-state index contributed by atoms with van der Waals surface area (Å²) < 4.78 is 0.740. The summed E-state index contributed by atoms with van der Waals surface area (Å²) in [4.78, 5) is 1.35. The zero-order valence-corrected chi connectivity index (χ0v) is 11.9. The predicted molar refractivity (Wildman–Crippen MR) is 75.4 cm³/mol. The molecule has 0 unspecified atom stereocenters. The Bertz CT molecular complexity index is 510. The Morgan fingerprint density at radius 1 is 1.29 bits per heavy atom. The van der Waals surface area contributed by atoms with Gasteiger partial charge in [0.05, 0.1) is 4.47 Å². The van der Waals surface area contributed by atoms with Crippen LogP contribution >= 0.6 is 27.3 Å². The number of hydrogen-bond acceptors (Lipinski definition) is 3. The fourth-order valence-corrected chi connectivity index (χ4v) is 2.88. The number of halogens is 1. The van der Waals surface area contributed by atoms with Crippen LogP contribution in [0.2, 0.25) is 0 Å². The molecule has 0 aliphatic carbocycles. The SMILES string of the molecule is Cc1ccsc1CNCc1cccc(Br)c1O. The van der Waals surface area contributed by atoms with E-state index in [4.69, 9.17) is 0 Å². The van der Waals surface area contributed by atoms with Gasteiger partial charge < -0.3 is 10.4 Å². The largest absolute Gasteiger partial charge is 0.506 e. The minimum absolute atomic E-state index is 0.322. The number of rotatable bonds is 4. The van der Waals surface area contributed by atoms with Gasteiger partial charge in [0.25, 0.3) is 0 Å². The quantitative estimate of drug-likeness (QED) is 0.899. The molecule has 1 aromatic heterocycles. The van der Waals surface area contributed by atoms with Crippen molar-refractivity contribution >= 4 is 27.3 Å². The molecule has 2 N–H and O–H groups in total. The van der Waals surface area contributed by atoms with E-state index >= 15 is 0 Å². The van der Waals surface area contributed by atoms with Crippen molar-refractivity contribution < 1.29 is 5.11 Å². The molecule has 0 amide bonds. The molecule has 0 aliphatic rings. The minimum Gasteiger partial charge on any atom is -0.506 e. The molecular weight excluding hydrogens is 298 g/mol. The molecule has 4 heteroatoms. The number of benzene rings is 1. The summed E-state index contributed by atoms with van der Waals surface area (Å²) in [5, 5.41) is 15.3. The lowest BCUT2D eigenvalue weighted by molar-refractivity contribution is 0.461. The number of phenolic OH excluding ortho intramolecular Hbond substituents is 1. The third kappa shape index (κ3) is 3.09. The van der Waals surface area contributed by atoms with Crippen LogP contribution in [-0.4, -0.2) is 5.11 Å². The van der Waals surface area contributed by atoms with Crippen molar-refractivity contribution in [1.29, 1.82) is 0 Å². The number of aryl methyl sites for hydroxylation is 1. The lowest BCUT2D eigenvalue weighted by Crippen LogP contribution is -2.12. The normalized spacial score (nSPS) is 10.7. The molecule has 0 saturated heterocycles. The van der Waals surface area contributed by atoms with E-state index in [1.807, 2.05) is 18.2 Å². The molecule has 0 spiro atoms. The highest BCUT2D eigenvalue weighted by Gasteiger charge is 2.05. The van der Waals surface area contributed by atoms with Crippen LogP contribution in [0.1, 0.15) is 16.0 Å². The highest BCUT2D eigenvalue weighted by molar-refractivity contribution is 9.10. The third-order valence-corrected chi connectivity index (χ3v) is 4.30. The number of nitrogens with one attached hydrogen (secondary N) is 1. The second kappa shape index (κ2) is 5.67. The Balaban J connectivity index is 1.95. The Labute approximate surface area is 113 Å². The molecule has 17 heavy (non-hydrogen) atoms. The van der Waals surface area contributed by atoms with Crippen LogP contribution < -0.4 is 5.32 Å². The van der Waals surface area contributed by atoms with Gasteiger partial charge in [0.2, 0.25) is 0 Å². The number of para-hydroxylation sites is 1. The summed E-state index contributed by atoms with van der Waals surface area (Å²) in [6, 6.07) is 7.81. The fraction of sp³-hybridized carbons (Fsp3) is 0.231. The maximum atomic E-state index is 9.83. The molecule has 0 bridgehead atoms. The molecule has 0 radical (unpaired) electrons. The molecule has 1 heterocycles. The van der Waals surface area contributed by atoms with Gasteiger partial charge in [-0.25, -0.2) is 0 Å². The first-order valence-electron chi connectivity index (χ1n) is 5.38. The van der Waals surface area contributed by atoms with Crippen molar-refractivity contribution in [3.05, 3.63) is 50.1 Å². The van der Waals surface area contributed by atoms with Crippen LogP contribution in [0.25, 0.3) is 0 Å². The van der Waals surface area contributed by atoms with Gasteiger partial charge in [0, 0.05) is 23.5 Å². The van der Waals surface area contributed by atoms with Gasteiger partial charge in [-0.1, -0.05) is 12.1 Å². The van der Waals surface area contributed by atoms with E-state index in [1.165, 1.54) is 10.4 Å². The van der Waals surface area contributed by atoms with E-state index in [9.17, 15) is 5.11 Å². The van der Waals surface area contributed by atoms with Crippen molar-refractivity contribution in [2.75, 3.05) is 0 Å². The summed E-state index contributed by atoms with van der Waals surface area (Å²) in [5.74, 6) is 0.322. The Morgan fingerprint density at radius 2 is 2.12 bits per heavy atom. The average molecular weight is 312 g/mol. The van der Waals surface area contributed by atoms with Crippen molar-refractivity contribution in [1.82, 2.24) is 5.32 Å². The zero-order chi connectivity index (χ0) is 12.3. The number of thiophene rings is 1. The first kappa shape index (κ1) is 12.6. The Kier molecular flexibility index (Phi) is 4.20. The first-order valence-corrected chi connectivity index (χ1v) is 7.06. The molecule has 0 aliphatic heterocycles. The summed E-state index contributed by atoms with van der Waals surface area (Å²) in [6.07, 6.45) is 0. The van der Waals surface area contributed by atoms with Crippen molar-refractivity contribution in [3.8, 4) is 5.75 Å². The van der Waals surface area contributed by atoms with Crippen LogP contribution in [0.15, 0.2) is 34.1 Å². The molecule has 90 valence electrons. The van der Waals surface area contributed by atoms with Gasteiger partial charge in [-0.2, -0.15) is 0 Å². The van der Waals surface area contributed by atoms with E-state index in [2.05, 4.69) is 39.6 Å². The topological polar surface area (TPSA) is 32.3 Å². The second-order valence-corrected chi connectivity index (χ2v) is 5.73. The first-order chi connectivity index (χ1) is 8.18. The molecule has 0 saturated carbocycles. The lowest BCUT2D eigenvalue weighted by atomic mass is 10.2. The van der Waals surface area contributed by atoms with Gasteiger partial charge in [0.1, 0.15) is 5.75 Å². The Morgan fingerprint density at radius 3 is 2.82 bits per heavy atom. The maximum Gasteiger partial charge on any atom is 0.134 e. The summed E-state index contributed by atoms with van der Waals surface area (Å²) in [5.41, 5.74) is 2.23. The van der Waals surface area contributed by atoms with Crippen LogP contribution in [0, 0.1) is 6.92 Å². The maximum absolute atomic E-state index is 9.83. The van der Waals surface area contributed by atoms with Gasteiger partial charge in [0.15, 0.2) is 0 Å². The van der Waals surface area contributed by atoms with E-state index in [-0.39, 0.29) is 0 Å².